The summed E-state index contributed by atoms with van der Waals surface area (Å²) < 4.78 is 27.0. The average Bonchev–Trinajstić information content (AvgIpc) is 2.45. The van der Waals surface area contributed by atoms with E-state index in [-0.39, 0.29) is 0 Å². The molecule has 0 saturated carbocycles. The summed E-state index contributed by atoms with van der Waals surface area (Å²) in [5.74, 6) is 0.468. The van der Waals surface area contributed by atoms with Crippen LogP contribution >= 0.6 is 0 Å². The molecule has 0 amide bonds. The highest BCUT2D eigenvalue weighted by Crippen LogP contribution is 2.21. The van der Waals surface area contributed by atoms with Crippen molar-refractivity contribution in [1.29, 1.82) is 0 Å². The lowest BCUT2D eigenvalue weighted by molar-refractivity contribution is 0.294. The molecule has 0 spiro atoms. The number of benzene rings is 1. The van der Waals surface area contributed by atoms with Gasteiger partial charge in [-0.15, -0.1) is 0 Å². The SMILES string of the molecule is CCN(CC1CCNCC1)S(=O)(=O)c1cccc(C)c1. The van der Waals surface area contributed by atoms with Crippen LogP contribution in [0.25, 0.3) is 0 Å². The molecule has 1 N–H and O–H groups in total. The molecule has 1 fully saturated rings. The van der Waals surface area contributed by atoms with E-state index in [1.807, 2.05) is 19.9 Å². The normalized spacial score (nSPS) is 17.6. The van der Waals surface area contributed by atoms with Crippen molar-refractivity contribution in [3.05, 3.63) is 29.8 Å². The smallest absolute Gasteiger partial charge is 0.243 e. The Morgan fingerprint density at radius 2 is 2.00 bits per heavy atom. The van der Waals surface area contributed by atoms with Crippen LogP contribution in [0.15, 0.2) is 29.2 Å². The molecule has 0 aromatic heterocycles. The number of nitrogens with one attached hydrogen (secondary N) is 1. The fourth-order valence-corrected chi connectivity index (χ4v) is 4.30. The van der Waals surface area contributed by atoms with Gasteiger partial charge in [0.15, 0.2) is 0 Å². The van der Waals surface area contributed by atoms with Crippen LogP contribution in [0.4, 0.5) is 0 Å². The lowest BCUT2D eigenvalue weighted by Crippen LogP contribution is -2.39. The van der Waals surface area contributed by atoms with E-state index < -0.39 is 10.0 Å². The summed E-state index contributed by atoms with van der Waals surface area (Å²) in [4.78, 5) is 0.410. The van der Waals surface area contributed by atoms with Crippen LogP contribution in [0.1, 0.15) is 25.3 Å². The Hall–Kier alpha value is -0.910. The number of aryl methyl sites for hydroxylation is 1. The van der Waals surface area contributed by atoms with Crippen molar-refractivity contribution in [2.45, 2.75) is 31.6 Å². The number of rotatable bonds is 5. The van der Waals surface area contributed by atoms with Gasteiger partial charge in [0.2, 0.25) is 10.0 Å². The highest BCUT2D eigenvalue weighted by Gasteiger charge is 2.26. The van der Waals surface area contributed by atoms with Crippen molar-refractivity contribution in [1.82, 2.24) is 9.62 Å². The van der Waals surface area contributed by atoms with Crippen molar-refractivity contribution in [2.75, 3.05) is 26.2 Å². The predicted octanol–water partition coefficient (Wildman–Crippen LogP) is 2.01. The summed E-state index contributed by atoms with van der Waals surface area (Å²) in [6.07, 6.45) is 2.11. The maximum absolute atomic E-state index is 12.7. The zero-order valence-corrected chi connectivity index (χ0v) is 13.1. The first-order valence-electron chi connectivity index (χ1n) is 7.31. The van der Waals surface area contributed by atoms with Crippen molar-refractivity contribution in [3.63, 3.8) is 0 Å². The van der Waals surface area contributed by atoms with Gasteiger partial charge in [-0.1, -0.05) is 19.1 Å². The van der Waals surface area contributed by atoms with E-state index in [2.05, 4.69) is 5.32 Å². The molecule has 1 aromatic carbocycles. The van der Waals surface area contributed by atoms with E-state index in [0.29, 0.717) is 23.9 Å². The maximum Gasteiger partial charge on any atom is 0.243 e. The van der Waals surface area contributed by atoms with Crippen LogP contribution in [0.5, 0.6) is 0 Å². The molecule has 112 valence electrons. The molecule has 1 aliphatic rings. The zero-order chi connectivity index (χ0) is 14.6. The molecule has 1 heterocycles. The first-order chi connectivity index (χ1) is 9.54. The number of hydrogen-bond donors (Lipinski definition) is 1. The maximum atomic E-state index is 12.7. The van der Waals surface area contributed by atoms with Crippen LogP contribution in [0, 0.1) is 12.8 Å². The molecule has 0 aliphatic carbocycles. The topological polar surface area (TPSA) is 49.4 Å². The van der Waals surface area contributed by atoms with E-state index in [1.165, 1.54) is 0 Å². The largest absolute Gasteiger partial charge is 0.317 e. The summed E-state index contributed by atoms with van der Waals surface area (Å²) in [5.41, 5.74) is 0.976. The molecule has 1 aromatic rings. The van der Waals surface area contributed by atoms with Gasteiger partial charge in [-0.2, -0.15) is 4.31 Å². The van der Waals surface area contributed by atoms with Gasteiger partial charge >= 0.3 is 0 Å². The van der Waals surface area contributed by atoms with Gasteiger partial charge in [0.1, 0.15) is 0 Å². The molecule has 0 radical (unpaired) electrons. The highest BCUT2D eigenvalue weighted by atomic mass is 32.2. The molecule has 4 nitrogen and oxygen atoms in total. The summed E-state index contributed by atoms with van der Waals surface area (Å²) >= 11 is 0. The quantitative estimate of drug-likeness (QED) is 0.904. The Morgan fingerprint density at radius 3 is 2.60 bits per heavy atom. The summed E-state index contributed by atoms with van der Waals surface area (Å²) in [5, 5.41) is 3.32. The predicted molar refractivity (Wildman–Crippen MR) is 81.2 cm³/mol. The van der Waals surface area contributed by atoms with Crippen LogP contribution < -0.4 is 5.32 Å². The monoisotopic (exact) mass is 296 g/mol. The van der Waals surface area contributed by atoms with Crippen LogP contribution in [-0.2, 0) is 10.0 Å². The number of piperidine rings is 1. The molecular formula is C15H24N2O2S. The summed E-state index contributed by atoms with van der Waals surface area (Å²) in [6, 6.07) is 7.16. The second kappa shape index (κ2) is 6.70. The Morgan fingerprint density at radius 1 is 1.30 bits per heavy atom. The second-order valence-corrected chi connectivity index (χ2v) is 7.40. The zero-order valence-electron chi connectivity index (χ0n) is 12.3. The highest BCUT2D eigenvalue weighted by molar-refractivity contribution is 7.89. The Balaban J connectivity index is 2.16. The lowest BCUT2D eigenvalue weighted by atomic mass is 9.98. The van der Waals surface area contributed by atoms with Crippen molar-refractivity contribution < 1.29 is 8.42 Å². The Kier molecular flexibility index (Phi) is 5.18. The minimum atomic E-state index is -3.36. The van der Waals surface area contributed by atoms with Gasteiger partial charge in [0, 0.05) is 13.1 Å². The fraction of sp³-hybridized carbons (Fsp3) is 0.600. The van der Waals surface area contributed by atoms with Crippen LogP contribution in [0.3, 0.4) is 0 Å². The molecular weight excluding hydrogens is 272 g/mol. The van der Waals surface area contributed by atoms with Crippen LogP contribution in [-0.4, -0.2) is 38.9 Å². The van der Waals surface area contributed by atoms with E-state index in [4.69, 9.17) is 0 Å². The van der Waals surface area contributed by atoms with Gasteiger partial charge in [-0.05, 0) is 56.5 Å². The Labute approximate surface area is 122 Å². The Bertz CT molecular complexity index is 537. The fourth-order valence-electron chi connectivity index (χ4n) is 2.67. The van der Waals surface area contributed by atoms with Gasteiger partial charge in [0.25, 0.3) is 0 Å². The third-order valence-corrected chi connectivity index (χ3v) is 5.84. The number of nitrogens with zero attached hydrogens (tertiary/aromatic N) is 1. The number of hydrogen-bond acceptors (Lipinski definition) is 3. The lowest BCUT2D eigenvalue weighted by Gasteiger charge is -2.28. The molecule has 0 unspecified atom stereocenters. The van der Waals surface area contributed by atoms with E-state index in [1.54, 1.807) is 22.5 Å². The molecule has 20 heavy (non-hydrogen) atoms. The molecule has 0 bridgehead atoms. The third kappa shape index (κ3) is 3.59. The van der Waals surface area contributed by atoms with E-state index >= 15 is 0 Å². The molecule has 5 heteroatoms. The first-order valence-corrected chi connectivity index (χ1v) is 8.75. The van der Waals surface area contributed by atoms with Gasteiger partial charge in [-0.3, -0.25) is 0 Å². The van der Waals surface area contributed by atoms with Gasteiger partial charge in [-0.25, -0.2) is 8.42 Å². The van der Waals surface area contributed by atoms with Crippen LogP contribution in [0.2, 0.25) is 0 Å². The van der Waals surface area contributed by atoms with Crippen molar-refractivity contribution in [2.24, 2.45) is 5.92 Å². The minimum Gasteiger partial charge on any atom is -0.317 e. The molecule has 1 aliphatic heterocycles. The van der Waals surface area contributed by atoms with Gasteiger partial charge in [0.05, 0.1) is 4.90 Å². The van der Waals surface area contributed by atoms with E-state index in [9.17, 15) is 8.42 Å². The second-order valence-electron chi connectivity index (χ2n) is 5.47. The van der Waals surface area contributed by atoms with Crippen molar-refractivity contribution >= 4 is 10.0 Å². The molecule has 2 rings (SSSR count). The summed E-state index contributed by atoms with van der Waals surface area (Å²) in [7, 11) is -3.36. The molecule has 0 atom stereocenters. The van der Waals surface area contributed by atoms with Crippen molar-refractivity contribution in [3.8, 4) is 0 Å². The first kappa shape index (κ1) is 15.5. The standard InChI is InChI=1S/C15H24N2O2S/c1-3-17(12-14-7-9-16-10-8-14)20(18,19)15-6-4-5-13(2)11-15/h4-6,11,14,16H,3,7-10,12H2,1-2H3. The van der Waals surface area contributed by atoms with Gasteiger partial charge < -0.3 is 5.32 Å². The number of sulfonamides is 1. The average molecular weight is 296 g/mol. The third-order valence-electron chi connectivity index (χ3n) is 3.90. The van der Waals surface area contributed by atoms with E-state index in [0.717, 1.165) is 31.5 Å². The summed E-state index contributed by atoms with van der Waals surface area (Å²) in [6.45, 7) is 6.98. The molecule has 1 saturated heterocycles. The minimum absolute atomic E-state index is 0.410.